The van der Waals surface area contributed by atoms with E-state index in [1.54, 1.807) is 18.2 Å². The highest BCUT2D eigenvalue weighted by atomic mass is 35.5. The average molecular weight is 556 g/mol. The number of ether oxygens (including phenoxy) is 2. The van der Waals surface area contributed by atoms with Crippen LogP contribution >= 0.6 is 12.4 Å². The van der Waals surface area contributed by atoms with E-state index in [0.29, 0.717) is 17.9 Å². The van der Waals surface area contributed by atoms with Crippen LogP contribution in [0.5, 0.6) is 11.5 Å². The molecule has 3 aromatic carbocycles. The number of sulfone groups is 1. The number of nitrogens with zero attached hydrogens (tertiary/aromatic N) is 1. The monoisotopic (exact) mass is 555 g/mol. The molecule has 200 valence electrons. The molecule has 37 heavy (non-hydrogen) atoms. The molecule has 0 bridgehead atoms. The van der Waals surface area contributed by atoms with Gasteiger partial charge in [0.1, 0.15) is 23.0 Å². The molecule has 0 spiro atoms. The predicted molar refractivity (Wildman–Crippen MR) is 137 cm³/mol. The maximum Gasteiger partial charge on any atom is 0.416 e. The van der Waals surface area contributed by atoms with Crippen molar-refractivity contribution in [3.05, 3.63) is 82.9 Å². The number of fused-ring (bicyclic) bond motifs is 1. The molecule has 0 unspecified atom stereocenters. The Labute approximate surface area is 221 Å². The van der Waals surface area contributed by atoms with Gasteiger partial charge in [-0.05, 0) is 92.0 Å². The third-order valence-corrected chi connectivity index (χ3v) is 7.99. The van der Waals surface area contributed by atoms with E-state index in [-0.39, 0.29) is 34.6 Å². The van der Waals surface area contributed by atoms with Crippen molar-refractivity contribution in [3.63, 3.8) is 0 Å². The minimum Gasteiger partial charge on any atom is -0.492 e. The average Bonchev–Trinajstić information content (AvgIpc) is 3.03. The van der Waals surface area contributed by atoms with Gasteiger partial charge in [0.05, 0.1) is 17.1 Å². The molecule has 4 rings (SSSR count). The summed E-state index contributed by atoms with van der Waals surface area (Å²) in [6.07, 6.45) is -2.81. The van der Waals surface area contributed by atoms with Crippen LogP contribution in [0.25, 0.3) is 0 Å². The Bertz CT molecular complexity index is 1310. The Morgan fingerprint density at radius 3 is 2.05 bits per heavy atom. The summed E-state index contributed by atoms with van der Waals surface area (Å²) in [5, 5.41) is 0. The SMILES string of the molecule is CCOc1cc2c(cc1S(=O)(=O)c1ccc(COc3ccc(C(F)(F)F)cc3)cc1)CCN(C)CC2.Cl. The van der Waals surface area contributed by atoms with Crippen LogP contribution in [-0.4, -0.2) is 40.1 Å². The zero-order valence-corrected chi connectivity index (χ0v) is 22.2. The number of benzene rings is 3. The van der Waals surface area contributed by atoms with Crippen molar-refractivity contribution in [2.45, 2.75) is 42.3 Å². The molecule has 0 radical (unpaired) electrons. The van der Waals surface area contributed by atoms with Gasteiger partial charge in [0.2, 0.25) is 9.84 Å². The maximum atomic E-state index is 13.6. The van der Waals surface area contributed by atoms with Crippen LogP contribution in [0.15, 0.2) is 70.5 Å². The molecule has 0 N–H and O–H groups in total. The highest BCUT2D eigenvalue weighted by Crippen LogP contribution is 2.34. The quantitative estimate of drug-likeness (QED) is 0.360. The highest BCUT2D eigenvalue weighted by molar-refractivity contribution is 7.91. The zero-order valence-electron chi connectivity index (χ0n) is 20.5. The fourth-order valence-electron chi connectivity index (χ4n) is 4.12. The topological polar surface area (TPSA) is 55.8 Å². The van der Waals surface area contributed by atoms with Gasteiger partial charge in [-0.1, -0.05) is 12.1 Å². The van der Waals surface area contributed by atoms with Crippen molar-refractivity contribution < 1.29 is 31.1 Å². The van der Waals surface area contributed by atoms with E-state index in [2.05, 4.69) is 11.9 Å². The number of alkyl halides is 3. The largest absolute Gasteiger partial charge is 0.492 e. The Kier molecular flexibility index (Phi) is 9.15. The van der Waals surface area contributed by atoms with E-state index in [1.165, 1.54) is 24.3 Å². The molecule has 0 saturated carbocycles. The molecule has 5 nitrogen and oxygen atoms in total. The van der Waals surface area contributed by atoms with Gasteiger partial charge in [-0.2, -0.15) is 13.2 Å². The molecular formula is C27H29ClF3NO4S. The molecule has 1 aliphatic rings. The van der Waals surface area contributed by atoms with Crippen molar-refractivity contribution >= 4 is 22.2 Å². The minimum absolute atomic E-state index is 0. The summed E-state index contributed by atoms with van der Waals surface area (Å²) in [6.45, 7) is 4.01. The van der Waals surface area contributed by atoms with Crippen molar-refractivity contribution in [1.29, 1.82) is 0 Å². The molecule has 0 atom stereocenters. The number of hydrogen-bond acceptors (Lipinski definition) is 5. The van der Waals surface area contributed by atoms with Crippen LogP contribution in [0.4, 0.5) is 13.2 Å². The second-order valence-electron chi connectivity index (χ2n) is 8.76. The third-order valence-electron chi connectivity index (χ3n) is 6.20. The first kappa shape index (κ1) is 28.8. The highest BCUT2D eigenvalue weighted by Gasteiger charge is 2.30. The molecule has 1 aliphatic heterocycles. The smallest absolute Gasteiger partial charge is 0.416 e. The van der Waals surface area contributed by atoms with Gasteiger partial charge < -0.3 is 14.4 Å². The summed E-state index contributed by atoms with van der Waals surface area (Å²) in [4.78, 5) is 2.51. The summed E-state index contributed by atoms with van der Waals surface area (Å²) in [7, 11) is -1.79. The van der Waals surface area contributed by atoms with E-state index in [4.69, 9.17) is 9.47 Å². The van der Waals surface area contributed by atoms with Crippen LogP contribution in [0.1, 0.15) is 29.2 Å². The molecular weight excluding hydrogens is 527 g/mol. The maximum absolute atomic E-state index is 13.6. The lowest BCUT2D eigenvalue weighted by Gasteiger charge is -2.16. The van der Waals surface area contributed by atoms with Crippen molar-refractivity contribution in [3.8, 4) is 11.5 Å². The summed E-state index contributed by atoms with van der Waals surface area (Å²) in [5.74, 6) is 0.646. The van der Waals surface area contributed by atoms with Crippen LogP contribution in [0.2, 0.25) is 0 Å². The summed E-state index contributed by atoms with van der Waals surface area (Å²) >= 11 is 0. The van der Waals surface area contributed by atoms with Gasteiger partial charge in [0.25, 0.3) is 0 Å². The zero-order chi connectivity index (χ0) is 25.9. The lowest BCUT2D eigenvalue weighted by atomic mass is 10.0. The van der Waals surface area contributed by atoms with Crippen LogP contribution in [0.3, 0.4) is 0 Å². The van der Waals surface area contributed by atoms with Crippen molar-refractivity contribution in [2.24, 2.45) is 0 Å². The Morgan fingerprint density at radius 1 is 0.892 bits per heavy atom. The van der Waals surface area contributed by atoms with Gasteiger partial charge in [0.15, 0.2) is 0 Å². The number of halogens is 4. The van der Waals surface area contributed by atoms with E-state index >= 15 is 0 Å². The minimum atomic E-state index is -4.41. The van der Waals surface area contributed by atoms with Gasteiger partial charge in [0, 0.05) is 13.1 Å². The Hall–Kier alpha value is -2.75. The molecule has 0 saturated heterocycles. The van der Waals surface area contributed by atoms with Crippen LogP contribution in [-0.2, 0) is 35.5 Å². The molecule has 1 heterocycles. The lowest BCUT2D eigenvalue weighted by Crippen LogP contribution is -2.20. The van der Waals surface area contributed by atoms with Gasteiger partial charge in [-0.15, -0.1) is 12.4 Å². The van der Waals surface area contributed by atoms with Crippen molar-refractivity contribution in [1.82, 2.24) is 4.90 Å². The fraction of sp³-hybridized carbons (Fsp3) is 0.333. The van der Waals surface area contributed by atoms with Gasteiger partial charge in [-0.25, -0.2) is 8.42 Å². The first-order valence-electron chi connectivity index (χ1n) is 11.7. The summed E-state index contributed by atoms with van der Waals surface area (Å²) in [5.41, 5.74) is 2.06. The molecule has 10 heteroatoms. The molecule has 0 aromatic heterocycles. The van der Waals surface area contributed by atoms with E-state index in [9.17, 15) is 21.6 Å². The molecule has 0 amide bonds. The van der Waals surface area contributed by atoms with E-state index in [1.807, 2.05) is 13.0 Å². The summed E-state index contributed by atoms with van der Waals surface area (Å²) < 4.78 is 76.5. The van der Waals surface area contributed by atoms with Crippen molar-refractivity contribution in [2.75, 3.05) is 26.7 Å². The number of hydrogen-bond donors (Lipinski definition) is 0. The molecule has 3 aromatic rings. The Balaban J connectivity index is 0.00000380. The van der Waals surface area contributed by atoms with E-state index in [0.717, 1.165) is 49.2 Å². The predicted octanol–water partition coefficient (Wildman–Crippen LogP) is 5.97. The number of likely N-dealkylation sites (N-methyl/N-ethyl adjacent to an activating group) is 1. The number of rotatable bonds is 7. The van der Waals surface area contributed by atoms with Crippen LogP contribution < -0.4 is 9.47 Å². The second-order valence-corrected chi connectivity index (χ2v) is 10.7. The van der Waals surface area contributed by atoms with Crippen LogP contribution in [0, 0.1) is 0 Å². The standard InChI is InChI=1S/C27H28F3NO4S.ClH/c1-3-34-25-16-20-12-14-31(2)15-13-21(20)17-26(25)36(32,33)24-10-4-19(5-11-24)18-35-23-8-6-22(7-9-23)27(28,29)30;/h4-11,16-17H,3,12-15,18H2,1-2H3;1H. The first-order chi connectivity index (χ1) is 17.1. The second kappa shape index (κ2) is 11.8. The molecule has 0 aliphatic carbocycles. The lowest BCUT2D eigenvalue weighted by molar-refractivity contribution is -0.137. The molecule has 0 fully saturated rings. The normalized spacial score (nSPS) is 14.3. The fourth-order valence-corrected chi connectivity index (χ4v) is 5.55. The van der Waals surface area contributed by atoms with Gasteiger partial charge >= 0.3 is 6.18 Å². The summed E-state index contributed by atoms with van der Waals surface area (Å²) in [6, 6.07) is 14.3. The Morgan fingerprint density at radius 2 is 1.49 bits per heavy atom. The van der Waals surface area contributed by atoms with Gasteiger partial charge in [-0.3, -0.25) is 0 Å². The van der Waals surface area contributed by atoms with E-state index < -0.39 is 21.6 Å². The first-order valence-corrected chi connectivity index (χ1v) is 13.2. The third kappa shape index (κ3) is 6.77.